The van der Waals surface area contributed by atoms with E-state index in [1.807, 2.05) is 21.1 Å². The highest BCUT2D eigenvalue weighted by Crippen LogP contribution is 2.14. The smallest absolute Gasteiger partial charge is 0.362 e. The molecule has 0 aliphatic carbocycles. The number of ether oxygens (including phenoxy) is 3. The molecule has 0 saturated carbocycles. The van der Waals surface area contributed by atoms with Gasteiger partial charge in [0.2, 0.25) is 0 Å². The predicted molar refractivity (Wildman–Crippen MR) is 202 cm³/mol. The Kier molecular flexibility index (Phi) is 31.9. The Bertz CT molecular complexity index is 823. The highest BCUT2D eigenvalue weighted by Gasteiger charge is 2.31. The second-order valence-electron chi connectivity index (χ2n) is 14.9. The summed E-state index contributed by atoms with van der Waals surface area (Å²) in [5, 5.41) is 9.58. The average Bonchev–Trinajstić information content (AvgIpc) is 3.05. The molecule has 0 aliphatic rings. The normalized spacial score (nSPS) is 13.1. The Balaban J connectivity index is 4.35. The predicted octanol–water partition coefficient (Wildman–Crippen LogP) is 10.4. The number of unbranched alkanes of at least 4 members (excludes halogenated alkanes) is 20. The molecule has 0 bridgehead atoms. The molecular formula is C41H78NO7+. The maximum atomic E-state index is 12.6. The monoisotopic (exact) mass is 697 g/mol. The van der Waals surface area contributed by atoms with Gasteiger partial charge in [-0.05, 0) is 38.5 Å². The van der Waals surface area contributed by atoms with E-state index < -0.39 is 18.1 Å². The van der Waals surface area contributed by atoms with Crippen LogP contribution in [0.3, 0.4) is 0 Å². The second kappa shape index (κ2) is 33.2. The van der Waals surface area contributed by atoms with Crippen LogP contribution in [-0.2, 0) is 28.6 Å². The number of nitrogens with zero attached hydrogens (tertiary/aromatic N) is 1. The lowest BCUT2D eigenvalue weighted by Gasteiger charge is -2.31. The van der Waals surface area contributed by atoms with Crippen molar-refractivity contribution in [2.45, 2.75) is 193 Å². The van der Waals surface area contributed by atoms with Crippen LogP contribution in [0.5, 0.6) is 0 Å². The number of carboxylic acid groups (broad SMARTS) is 1. The molecule has 49 heavy (non-hydrogen) atoms. The van der Waals surface area contributed by atoms with Crippen LogP contribution in [0, 0.1) is 0 Å². The molecular weight excluding hydrogens is 618 g/mol. The van der Waals surface area contributed by atoms with Gasteiger partial charge in [0.25, 0.3) is 0 Å². The van der Waals surface area contributed by atoms with E-state index in [1.165, 1.54) is 109 Å². The van der Waals surface area contributed by atoms with Gasteiger partial charge in [0.15, 0.2) is 12.1 Å². The summed E-state index contributed by atoms with van der Waals surface area (Å²) >= 11 is 0. The fourth-order valence-corrected chi connectivity index (χ4v) is 5.97. The van der Waals surface area contributed by atoms with Gasteiger partial charge in [0, 0.05) is 19.3 Å². The first kappa shape index (κ1) is 47.1. The Hall–Kier alpha value is -1.93. The lowest BCUT2D eigenvalue weighted by molar-refractivity contribution is -0.887. The van der Waals surface area contributed by atoms with Crippen molar-refractivity contribution in [2.24, 2.45) is 0 Å². The van der Waals surface area contributed by atoms with Crippen LogP contribution in [0.4, 0.5) is 0 Å². The molecule has 0 aromatic rings. The zero-order chi connectivity index (χ0) is 36.4. The number of carbonyl (C=O) groups excluding carboxylic acids is 2. The molecule has 2 unspecified atom stereocenters. The fourth-order valence-electron chi connectivity index (χ4n) is 5.97. The molecule has 0 rings (SSSR count). The minimum absolute atomic E-state index is 0.0481. The third-order valence-electron chi connectivity index (χ3n) is 9.16. The molecule has 0 radical (unpaired) electrons. The maximum Gasteiger partial charge on any atom is 0.362 e. The van der Waals surface area contributed by atoms with Crippen LogP contribution in [0.15, 0.2) is 12.2 Å². The van der Waals surface area contributed by atoms with Gasteiger partial charge in [0.05, 0.1) is 34.4 Å². The molecule has 0 amide bonds. The summed E-state index contributed by atoms with van der Waals surface area (Å²) in [5.41, 5.74) is 0. The first-order valence-corrected chi connectivity index (χ1v) is 20.2. The molecule has 2 atom stereocenters. The molecule has 0 aromatic heterocycles. The van der Waals surface area contributed by atoms with Crippen LogP contribution in [0.1, 0.15) is 181 Å². The lowest BCUT2D eigenvalue weighted by Crippen LogP contribution is -2.50. The summed E-state index contributed by atoms with van der Waals surface area (Å²) in [6.07, 6.45) is 32.5. The van der Waals surface area contributed by atoms with E-state index in [1.54, 1.807) is 0 Å². The number of carboxylic acids is 1. The van der Waals surface area contributed by atoms with E-state index >= 15 is 0 Å². The van der Waals surface area contributed by atoms with E-state index in [-0.39, 0.29) is 36.2 Å². The Morgan fingerprint density at radius 3 is 1.49 bits per heavy atom. The first-order chi connectivity index (χ1) is 23.6. The number of carbonyl (C=O) groups is 3. The Morgan fingerprint density at radius 2 is 1.02 bits per heavy atom. The minimum atomic E-state index is -0.874. The molecule has 8 heteroatoms. The Labute approximate surface area is 301 Å². The van der Waals surface area contributed by atoms with Gasteiger partial charge in [0.1, 0.15) is 6.61 Å². The van der Waals surface area contributed by atoms with Crippen molar-refractivity contribution < 1.29 is 38.2 Å². The van der Waals surface area contributed by atoms with Crippen LogP contribution >= 0.6 is 0 Å². The van der Waals surface area contributed by atoms with Gasteiger partial charge in [-0.15, -0.1) is 0 Å². The summed E-state index contributed by atoms with van der Waals surface area (Å²) in [5.74, 6) is -1.47. The zero-order valence-corrected chi connectivity index (χ0v) is 32.7. The van der Waals surface area contributed by atoms with Crippen molar-refractivity contribution in [1.82, 2.24) is 0 Å². The topological polar surface area (TPSA) is 99.1 Å². The van der Waals surface area contributed by atoms with Gasteiger partial charge >= 0.3 is 17.9 Å². The van der Waals surface area contributed by atoms with Crippen molar-refractivity contribution in [1.29, 1.82) is 0 Å². The second-order valence-corrected chi connectivity index (χ2v) is 14.9. The molecule has 0 spiro atoms. The third kappa shape index (κ3) is 31.8. The number of hydrogen-bond acceptors (Lipinski definition) is 6. The van der Waals surface area contributed by atoms with E-state index in [0.29, 0.717) is 19.3 Å². The molecule has 0 aliphatic heterocycles. The van der Waals surface area contributed by atoms with Crippen molar-refractivity contribution in [3.8, 4) is 0 Å². The zero-order valence-electron chi connectivity index (χ0n) is 32.7. The van der Waals surface area contributed by atoms with E-state index in [0.717, 1.165) is 38.5 Å². The summed E-state index contributed by atoms with van der Waals surface area (Å²) in [7, 11) is 5.52. The van der Waals surface area contributed by atoms with Crippen molar-refractivity contribution >= 4 is 17.9 Å². The van der Waals surface area contributed by atoms with Crippen LogP contribution in [0.2, 0.25) is 0 Å². The van der Waals surface area contributed by atoms with E-state index in [2.05, 4.69) is 26.0 Å². The summed E-state index contributed by atoms with van der Waals surface area (Å²) in [6, 6.07) is -0.609. The number of esters is 2. The lowest BCUT2D eigenvalue weighted by atomic mass is 10.1. The number of allylic oxidation sites excluding steroid dienone is 2. The quantitative estimate of drug-likeness (QED) is 0.0301. The molecule has 0 fully saturated rings. The summed E-state index contributed by atoms with van der Waals surface area (Å²) in [6.45, 7) is 4.71. The average molecular weight is 697 g/mol. The Morgan fingerprint density at radius 1 is 0.592 bits per heavy atom. The number of aliphatic carboxylic acids is 1. The molecule has 1 N–H and O–H groups in total. The van der Waals surface area contributed by atoms with Crippen molar-refractivity contribution in [3.63, 3.8) is 0 Å². The SMILES string of the molecule is CCCCCC/C=C/CCCCCCCCCC(=O)OCC(COCCC(C(=O)O)[N+](C)(C)C)OC(=O)CCCCCCCCCCCC. The van der Waals surface area contributed by atoms with Gasteiger partial charge in [-0.25, -0.2) is 4.79 Å². The van der Waals surface area contributed by atoms with E-state index in [4.69, 9.17) is 14.2 Å². The van der Waals surface area contributed by atoms with Gasteiger partial charge in [-0.1, -0.05) is 135 Å². The highest BCUT2D eigenvalue weighted by atomic mass is 16.6. The number of hydrogen-bond donors (Lipinski definition) is 1. The standard InChI is InChI=1S/C41H77NO7/c1-6-8-10-12-14-16-18-19-20-21-22-24-25-27-29-31-39(43)48-36-37(35-47-34-33-38(41(45)46)42(3,4)5)49-40(44)32-30-28-26-23-17-15-13-11-9-7-2/h16,18,37-38H,6-15,17,19-36H2,1-5H3/p+1/b18-16+. The maximum absolute atomic E-state index is 12.6. The van der Waals surface area contributed by atoms with Crippen LogP contribution in [-0.4, -0.2) is 80.6 Å². The number of quaternary nitrogens is 1. The van der Waals surface area contributed by atoms with Crippen LogP contribution < -0.4 is 0 Å². The molecule has 8 nitrogen and oxygen atoms in total. The highest BCUT2D eigenvalue weighted by molar-refractivity contribution is 5.72. The fraction of sp³-hybridized carbons (Fsp3) is 0.878. The molecule has 288 valence electrons. The van der Waals surface area contributed by atoms with Gasteiger partial charge in [-0.2, -0.15) is 0 Å². The largest absolute Gasteiger partial charge is 0.477 e. The third-order valence-corrected chi connectivity index (χ3v) is 9.16. The number of rotatable bonds is 36. The summed E-state index contributed by atoms with van der Waals surface area (Å²) < 4.78 is 17.2. The van der Waals surface area contributed by atoms with E-state index in [9.17, 15) is 19.5 Å². The molecule has 0 aromatic carbocycles. The molecule has 0 saturated heterocycles. The van der Waals surface area contributed by atoms with Crippen molar-refractivity contribution in [2.75, 3.05) is 41.0 Å². The first-order valence-electron chi connectivity index (χ1n) is 20.2. The van der Waals surface area contributed by atoms with Crippen molar-refractivity contribution in [3.05, 3.63) is 12.2 Å². The minimum Gasteiger partial charge on any atom is -0.477 e. The van der Waals surface area contributed by atoms with Crippen LogP contribution in [0.25, 0.3) is 0 Å². The summed E-state index contributed by atoms with van der Waals surface area (Å²) in [4.78, 5) is 36.8. The van der Waals surface area contributed by atoms with Gasteiger partial charge in [-0.3, -0.25) is 9.59 Å². The molecule has 0 heterocycles. The van der Waals surface area contributed by atoms with Gasteiger partial charge < -0.3 is 23.8 Å². The number of likely N-dealkylation sites (N-methyl/N-ethyl adjacent to an activating group) is 1.